The maximum absolute atomic E-state index is 12.9. The molecule has 0 aliphatic rings. The Morgan fingerprint density at radius 2 is 1.91 bits per heavy atom. The minimum Gasteiger partial charge on any atom is -0.497 e. The minimum absolute atomic E-state index is 0.0300. The van der Waals surface area contributed by atoms with Gasteiger partial charge in [0.1, 0.15) is 11.5 Å². The highest BCUT2D eigenvalue weighted by Crippen LogP contribution is 2.28. The fourth-order valence-corrected chi connectivity index (χ4v) is 4.62. The van der Waals surface area contributed by atoms with Crippen molar-refractivity contribution in [3.8, 4) is 17.1 Å². The molecule has 182 valence electrons. The van der Waals surface area contributed by atoms with Crippen LogP contribution in [0.4, 0.5) is 0 Å². The van der Waals surface area contributed by atoms with E-state index in [1.807, 2.05) is 59.2 Å². The number of aromatic nitrogens is 3. The van der Waals surface area contributed by atoms with Crippen molar-refractivity contribution >= 4 is 17.7 Å². The van der Waals surface area contributed by atoms with Crippen LogP contribution >= 0.6 is 11.8 Å². The first-order valence-electron chi connectivity index (χ1n) is 11.6. The number of carbonyl (C=O) groups is 1. The molecule has 35 heavy (non-hydrogen) atoms. The fourth-order valence-electron chi connectivity index (χ4n) is 3.87. The van der Waals surface area contributed by atoms with Crippen LogP contribution in [0.1, 0.15) is 37.6 Å². The summed E-state index contributed by atoms with van der Waals surface area (Å²) in [5, 5.41) is 12.7. The van der Waals surface area contributed by atoms with Crippen LogP contribution in [-0.2, 0) is 11.3 Å². The Balaban J connectivity index is 1.52. The summed E-state index contributed by atoms with van der Waals surface area (Å²) >= 11 is 1.36. The van der Waals surface area contributed by atoms with Crippen LogP contribution in [0.25, 0.3) is 11.4 Å². The average molecular weight is 491 g/mol. The molecule has 8 heteroatoms. The Kier molecular flexibility index (Phi) is 8.26. The number of nitrogens with zero attached hydrogens (tertiary/aromatic N) is 3. The first kappa shape index (κ1) is 24.6. The lowest BCUT2D eigenvalue weighted by Gasteiger charge is -2.21. The van der Waals surface area contributed by atoms with E-state index in [-0.39, 0.29) is 17.7 Å². The van der Waals surface area contributed by atoms with Gasteiger partial charge >= 0.3 is 0 Å². The van der Waals surface area contributed by atoms with Gasteiger partial charge in [-0.05, 0) is 42.2 Å². The Bertz CT molecular complexity index is 1220. The molecule has 0 saturated carbocycles. The molecule has 7 nitrogen and oxygen atoms in total. The van der Waals surface area contributed by atoms with Crippen molar-refractivity contribution in [3.05, 3.63) is 84.3 Å². The third-order valence-electron chi connectivity index (χ3n) is 5.52. The van der Waals surface area contributed by atoms with Gasteiger partial charge in [-0.2, -0.15) is 0 Å². The molecule has 1 N–H and O–H groups in total. The van der Waals surface area contributed by atoms with Gasteiger partial charge in [-0.3, -0.25) is 9.36 Å². The Morgan fingerprint density at radius 3 is 2.63 bits per heavy atom. The van der Waals surface area contributed by atoms with Crippen LogP contribution in [0.2, 0.25) is 0 Å². The standard InChI is InChI=1S/C27H30N4O3S/c1-19(2)15-24(20-9-5-4-6-10-20)28-25(32)18-35-27-30-29-26(21-11-7-12-22(16-21)33-3)31(27)17-23-13-8-14-34-23/h4-14,16,19,24H,15,17-18H2,1-3H3,(H,28,32). The van der Waals surface area contributed by atoms with Gasteiger partial charge in [0.25, 0.3) is 0 Å². The van der Waals surface area contributed by atoms with Crippen LogP contribution in [0, 0.1) is 5.92 Å². The predicted molar refractivity (Wildman–Crippen MR) is 137 cm³/mol. The lowest BCUT2D eigenvalue weighted by Crippen LogP contribution is -2.31. The first-order chi connectivity index (χ1) is 17.0. The second-order valence-corrected chi connectivity index (χ2v) is 9.60. The number of hydrogen-bond acceptors (Lipinski definition) is 6. The summed E-state index contributed by atoms with van der Waals surface area (Å²) in [6, 6.07) is 21.5. The van der Waals surface area contributed by atoms with Gasteiger partial charge in [0.2, 0.25) is 5.91 Å². The van der Waals surface area contributed by atoms with E-state index in [9.17, 15) is 4.79 Å². The summed E-state index contributed by atoms with van der Waals surface area (Å²) in [6.45, 7) is 4.78. The molecule has 4 rings (SSSR count). The van der Waals surface area contributed by atoms with Gasteiger partial charge < -0.3 is 14.5 Å². The molecule has 1 atom stereocenters. The van der Waals surface area contributed by atoms with Gasteiger partial charge in [-0.1, -0.05) is 68.1 Å². The highest BCUT2D eigenvalue weighted by molar-refractivity contribution is 7.99. The molecular weight excluding hydrogens is 460 g/mol. The zero-order chi connectivity index (χ0) is 24.6. The SMILES string of the molecule is COc1cccc(-c2nnc(SCC(=O)NC(CC(C)C)c3ccccc3)n2Cc2ccco2)c1. The molecular formula is C27H30N4O3S. The van der Waals surface area contributed by atoms with Crippen molar-refractivity contribution in [3.63, 3.8) is 0 Å². The Labute approximate surface area is 209 Å². The molecule has 0 bridgehead atoms. The molecule has 4 aromatic rings. The monoisotopic (exact) mass is 490 g/mol. The van der Waals surface area contributed by atoms with E-state index in [1.54, 1.807) is 13.4 Å². The third-order valence-corrected chi connectivity index (χ3v) is 6.48. The molecule has 0 aliphatic heterocycles. The summed E-state index contributed by atoms with van der Waals surface area (Å²) in [5.41, 5.74) is 1.99. The largest absolute Gasteiger partial charge is 0.497 e. The van der Waals surface area contributed by atoms with Crippen LogP contribution in [0.15, 0.2) is 82.6 Å². The van der Waals surface area contributed by atoms with E-state index in [0.29, 0.717) is 23.4 Å². The molecule has 0 spiro atoms. The highest BCUT2D eigenvalue weighted by atomic mass is 32.2. The van der Waals surface area contributed by atoms with Crippen molar-refractivity contribution < 1.29 is 13.9 Å². The van der Waals surface area contributed by atoms with Crippen LogP contribution in [0.5, 0.6) is 5.75 Å². The number of carbonyl (C=O) groups excluding carboxylic acids is 1. The molecule has 2 aromatic carbocycles. The summed E-state index contributed by atoms with van der Waals surface area (Å²) in [7, 11) is 1.63. The van der Waals surface area contributed by atoms with Gasteiger partial charge in [-0.25, -0.2) is 0 Å². The highest BCUT2D eigenvalue weighted by Gasteiger charge is 2.20. The zero-order valence-corrected chi connectivity index (χ0v) is 21.0. The number of hydrogen-bond donors (Lipinski definition) is 1. The summed E-state index contributed by atoms with van der Waals surface area (Å²) < 4.78 is 12.9. The second-order valence-electron chi connectivity index (χ2n) is 8.65. The molecule has 2 aromatic heterocycles. The van der Waals surface area contributed by atoms with Crippen molar-refractivity contribution in [2.75, 3.05) is 12.9 Å². The van der Waals surface area contributed by atoms with Gasteiger partial charge in [0.15, 0.2) is 11.0 Å². The van der Waals surface area contributed by atoms with Crippen molar-refractivity contribution in [2.45, 2.75) is 38.0 Å². The molecule has 2 heterocycles. The van der Waals surface area contributed by atoms with Crippen LogP contribution in [0.3, 0.4) is 0 Å². The second kappa shape index (κ2) is 11.8. The molecule has 0 fully saturated rings. The van der Waals surface area contributed by atoms with Gasteiger partial charge in [-0.15, -0.1) is 10.2 Å². The zero-order valence-electron chi connectivity index (χ0n) is 20.2. The molecule has 0 saturated heterocycles. The molecule has 0 aliphatic carbocycles. The number of ether oxygens (including phenoxy) is 1. The van der Waals surface area contributed by atoms with Gasteiger partial charge in [0.05, 0.1) is 31.7 Å². The van der Waals surface area contributed by atoms with E-state index in [0.717, 1.165) is 29.1 Å². The minimum atomic E-state index is -0.0417. The number of methoxy groups -OCH3 is 1. The van der Waals surface area contributed by atoms with E-state index < -0.39 is 0 Å². The third kappa shape index (κ3) is 6.54. The number of benzene rings is 2. The van der Waals surface area contributed by atoms with E-state index in [1.165, 1.54) is 11.8 Å². The fraction of sp³-hybridized carbons (Fsp3) is 0.296. The normalized spacial score (nSPS) is 12.0. The Hall–Kier alpha value is -3.52. The van der Waals surface area contributed by atoms with Crippen molar-refractivity contribution in [1.29, 1.82) is 0 Å². The number of furan rings is 1. The summed E-state index contributed by atoms with van der Waals surface area (Å²) in [4.78, 5) is 12.9. The van der Waals surface area contributed by atoms with E-state index in [2.05, 4.69) is 41.5 Å². The maximum Gasteiger partial charge on any atom is 0.230 e. The molecule has 0 radical (unpaired) electrons. The van der Waals surface area contributed by atoms with E-state index in [4.69, 9.17) is 9.15 Å². The number of thioether (sulfide) groups is 1. The topological polar surface area (TPSA) is 82.2 Å². The lowest BCUT2D eigenvalue weighted by atomic mass is 9.97. The number of rotatable bonds is 11. The number of amides is 1. The maximum atomic E-state index is 12.9. The Morgan fingerprint density at radius 1 is 1.09 bits per heavy atom. The van der Waals surface area contributed by atoms with Crippen molar-refractivity contribution in [2.24, 2.45) is 5.92 Å². The van der Waals surface area contributed by atoms with Gasteiger partial charge in [0, 0.05) is 5.56 Å². The quantitative estimate of drug-likeness (QED) is 0.276. The lowest BCUT2D eigenvalue weighted by molar-refractivity contribution is -0.119. The average Bonchev–Trinajstić information content (AvgIpc) is 3.53. The predicted octanol–water partition coefficient (Wildman–Crippen LogP) is 5.59. The molecule has 1 amide bonds. The smallest absolute Gasteiger partial charge is 0.230 e. The molecule has 1 unspecified atom stereocenters. The first-order valence-corrected chi connectivity index (χ1v) is 12.6. The van der Waals surface area contributed by atoms with Crippen LogP contribution in [-0.4, -0.2) is 33.5 Å². The number of nitrogens with one attached hydrogen (secondary N) is 1. The van der Waals surface area contributed by atoms with Crippen molar-refractivity contribution in [1.82, 2.24) is 20.1 Å². The summed E-state index contributed by atoms with van der Waals surface area (Å²) in [6.07, 6.45) is 2.51. The van der Waals surface area contributed by atoms with Crippen LogP contribution < -0.4 is 10.1 Å². The van der Waals surface area contributed by atoms with E-state index >= 15 is 0 Å². The summed E-state index contributed by atoms with van der Waals surface area (Å²) in [5.74, 6) is 2.85.